The summed E-state index contributed by atoms with van der Waals surface area (Å²) in [5, 5.41) is 0. The van der Waals surface area contributed by atoms with Crippen LogP contribution in [-0.4, -0.2) is 79.0 Å². The van der Waals surface area contributed by atoms with Gasteiger partial charge in [0.15, 0.2) is 0 Å². The molecular weight excluding hydrogens is 300 g/mol. The molecule has 132 valence electrons. The summed E-state index contributed by atoms with van der Waals surface area (Å²) in [7, 11) is 0. The van der Waals surface area contributed by atoms with E-state index in [9.17, 15) is 9.59 Å². The minimum atomic E-state index is -0.670. The molecule has 7 nitrogen and oxygen atoms in total. The number of amides is 2. The molecule has 2 heterocycles. The Morgan fingerprint density at radius 2 is 1.78 bits per heavy atom. The van der Waals surface area contributed by atoms with Crippen LogP contribution in [0.2, 0.25) is 0 Å². The van der Waals surface area contributed by atoms with E-state index in [4.69, 9.17) is 14.2 Å². The predicted molar refractivity (Wildman–Crippen MR) is 84.2 cm³/mol. The van der Waals surface area contributed by atoms with Crippen molar-refractivity contribution in [1.82, 2.24) is 9.80 Å². The van der Waals surface area contributed by atoms with Crippen LogP contribution in [0.4, 0.5) is 4.79 Å². The summed E-state index contributed by atoms with van der Waals surface area (Å²) in [4.78, 5) is 27.8. The summed E-state index contributed by atoms with van der Waals surface area (Å²) in [5.74, 6) is 0.0767. The average molecular weight is 328 g/mol. The highest BCUT2D eigenvalue weighted by molar-refractivity contribution is 5.76. The highest BCUT2D eigenvalue weighted by Crippen LogP contribution is 2.24. The Kier molecular flexibility index (Phi) is 5.52. The van der Waals surface area contributed by atoms with Gasteiger partial charge in [-0.1, -0.05) is 6.92 Å². The lowest BCUT2D eigenvalue weighted by Gasteiger charge is -2.43. The number of morpholine rings is 1. The lowest BCUT2D eigenvalue weighted by atomic mass is 10.0. The zero-order valence-electron chi connectivity index (χ0n) is 14.6. The van der Waals surface area contributed by atoms with Crippen LogP contribution in [0.5, 0.6) is 0 Å². The van der Waals surface area contributed by atoms with Crippen molar-refractivity contribution in [2.45, 2.75) is 45.3 Å². The van der Waals surface area contributed by atoms with Gasteiger partial charge in [0.05, 0.1) is 32.9 Å². The molecule has 0 radical (unpaired) electrons. The van der Waals surface area contributed by atoms with E-state index < -0.39 is 11.2 Å². The molecule has 1 atom stereocenters. The summed E-state index contributed by atoms with van der Waals surface area (Å²) in [5.41, 5.74) is -1.21. The molecule has 23 heavy (non-hydrogen) atoms. The van der Waals surface area contributed by atoms with Crippen molar-refractivity contribution in [2.24, 2.45) is 0 Å². The van der Waals surface area contributed by atoms with Gasteiger partial charge in [0.25, 0.3) is 0 Å². The lowest BCUT2D eigenvalue weighted by Crippen LogP contribution is -2.60. The smallest absolute Gasteiger partial charge is 0.410 e. The summed E-state index contributed by atoms with van der Waals surface area (Å²) < 4.78 is 17.0. The molecule has 2 amide bonds. The molecule has 0 aliphatic carbocycles. The van der Waals surface area contributed by atoms with Crippen LogP contribution in [0.1, 0.15) is 34.1 Å². The monoisotopic (exact) mass is 328 g/mol. The van der Waals surface area contributed by atoms with Gasteiger partial charge in [-0.25, -0.2) is 4.79 Å². The van der Waals surface area contributed by atoms with E-state index in [2.05, 4.69) is 0 Å². The number of ether oxygens (including phenoxy) is 3. The topological polar surface area (TPSA) is 68.3 Å². The number of rotatable bonds is 1. The highest BCUT2D eigenvalue weighted by atomic mass is 16.6. The molecule has 2 aliphatic heterocycles. The predicted octanol–water partition coefficient (Wildman–Crippen LogP) is 1.26. The second kappa shape index (κ2) is 7.05. The first-order chi connectivity index (χ1) is 10.7. The molecule has 1 unspecified atom stereocenters. The highest BCUT2D eigenvalue weighted by Gasteiger charge is 2.43. The molecule has 0 aromatic heterocycles. The first kappa shape index (κ1) is 18.0. The van der Waals surface area contributed by atoms with Crippen molar-refractivity contribution in [3.8, 4) is 0 Å². The Hall–Kier alpha value is -1.34. The number of nitrogens with zero attached hydrogens (tertiary/aromatic N) is 2. The molecular formula is C16H28N2O5. The van der Waals surface area contributed by atoms with Crippen molar-refractivity contribution >= 4 is 12.0 Å². The Morgan fingerprint density at radius 1 is 1.13 bits per heavy atom. The zero-order valence-corrected chi connectivity index (χ0v) is 14.6. The minimum Gasteiger partial charge on any atom is -0.444 e. The maximum absolute atomic E-state index is 12.3. The number of hydrogen-bond donors (Lipinski definition) is 0. The second-order valence-corrected chi connectivity index (χ2v) is 7.15. The van der Waals surface area contributed by atoms with Gasteiger partial charge in [0.1, 0.15) is 11.2 Å². The van der Waals surface area contributed by atoms with Crippen LogP contribution >= 0.6 is 0 Å². The molecule has 2 aliphatic rings. The van der Waals surface area contributed by atoms with Crippen molar-refractivity contribution < 1.29 is 23.8 Å². The van der Waals surface area contributed by atoms with E-state index in [1.165, 1.54) is 0 Å². The van der Waals surface area contributed by atoms with Crippen molar-refractivity contribution in [3.05, 3.63) is 0 Å². The van der Waals surface area contributed by atoms with Gasteiger partial charge in [-0.2, -0.15) is 0 Å². The molecule has 2 saturated heterocycles. The molecule has 2 fully saturated rings. The zero-order chi connectivity index (χ0) is 17.1. The van der Waals surface area contributed by atoms with Crippen molar-refractivity contribution in [3.63, 3.8) is 0 Å². The molecule has 0 N–H and O–H groups in total. The molecule has 0 saturated carbocycles. The van der Waals surface area contributed by atoms with E-state index in [0.717, 1.165) is 0 Å². The number of hydrogen-bond acceptors (Lipinski definition) is 5. The van der Waals surface area contributed by atoms with E-state index in [1.54, 1.807) is 9.80 Å². The fourth-order valence-corrected chi connectivity index (χ4v) is 2.85. The second-order valence-electron chi connectivity index (χ2n) is 7.15. The Bertz CT molecular complexity index is 448. The Morgan fingerprint density at radius 3 is 2.43 bits per heavy atom. The molecule has 0 aromatic rings. The van der Waals surface area contributed by atoms with Gasteiger partial charge < -0.3 is 24.0 Å². The molecule has 7 heteroatoms. The quantitative estimate of drug-likeness (QED) is 0.725. The van der Waals surface area contributed by atoms with Crippen molar-refractivity contribution in [1.29, 1.82) is 0 Å². The van der Waals surface area contributed by atoms with Crippen LogP contribution in [-0.2, 0) is 19.0 Å². The standard InChI is InChI=1S/C16H28N2O5/c1-5-13(19)17-6-8-21-12-16(10-17)11-18(7-9-22-16)14(20)23-15(2,3)4/h5-12H2,1-4H3. The molecule has 1 spiro atoms. The average Bonchev–Trinajstić information content (AvgIpc) is 2.67. The molecule has 0 aromatic carbocycles. The van der Waals surface area contributed by atoms with Gasteiger partial charge in [0, 0.05) is 19.5 Å². The van der Waals surface area contributed by atoms with E-state index in [1.807, 2.05) is 27.7 Å². The SMILES string of the molecule is CCC(=O)N1CCOCC2(C1)CN(C(=O)OC(C)(C)C)CCO2. The Balaban J connectivity index is 2.07. The van der Waals surface area contributed by atoms with Gasteiger partial charge in [-0.15, -0.1) is 0 Å². The first-order valence-electron chi connectivity index (χ1n) is 8.22. The third kappa shape index (κ3) is 4.81. The van der Waals surface area contributed by atoms with Gasteiger partial charge >= 0.3 is 6.09 Å². The summed E-state index contributed by atoms with van der Waals surface area (Å²) in [6.07, 6.45) is 0.101. The molecule has 2 rings (SSSR count). The fraction of sp³-hybridized carbons (Fsp3) is 0.875. The Labute approximate surface area is 137 Å². The van der Waals surface area contributed by atoms with E-state index in [-0.39, 0.29) is 12.0 Å². The summed E-state index contributed by atoms with van der Waals surface area (Å²) >= 11 is 0. The minimum absolute atomic E-state index is 0.0767. The van der Waals surface area contributed by atoms with Crippen LogP contribution in [0.3, 0.4) is 0 Å². The van der Waals surface area contributed by atoms with Crippen LogP contribution < -0.4 is 0 Å². The van der Waals surface area contributed by atoms with Crippen LogP contribution in [0, 0.1) is 0 Å². The largest absolute Gasteiger partial charge is 0.444 e. The summed E-state index contributed by atoms with van der Waals surface area (Å²) in [6, 6.07) is 0. The normalized spacial score (nSPS) is 26.1. The maximum Gasteiger partial charge on any atom is 0.410 e. The third-order valence-corrected chi connectivity index (χ3v) is 3.90. The molecule has 0 bridgehead atoms. The van der Waals surface area contributed by atoms with Crippen LogP contribution in [0.15, 0.2) is 0 Å². The first-order valence-corrected chi connectivity index (χ1v) is 8.22. The van der Waals surface area contributed by atoms with Crippen molar-refractivity contribution in [2.75, 3.05) is 46.0 Å². The van der Waals surface area contributed by atoms with E-state index in [0.29, 0.717) is 52.4 Å². The van der Waals surface area contributed by atoms with Gasteiger partial charge in [-0.05, 0) is 20.8 Å². The van der Waals surface area contributed by atoms with Gasteiger partial charge in [-0.3, -0.25) is 4.79 Å². The fourth-order valence-electron chi connectivity index (χ4n) is 2.85. The van der Waals surface area contributed by atoms with E-state index >= 15 is 0 Å². The lowest BCUT2D eigenvalue weighted by molar-refractivity contribution is -0.149. The maximum atomic E-state index is 12.3. The van der Waals surface area contributed by atoms with Crippen LogP contribution in [0.25, 0.3) is 0 Å². The number of carbonyl (C=O) groups excluding carboxylic acids is 2. The van der Waals surface area contributed by atoms with Gasteiger partial charge in [0.2, 0.25) is 5.91 Å². The third-order valence-electron chi connectivity index (χ3n) is 3.90. The number of carbonyl (C=O) groups is 2. The summed E-state index contributed by atoms with van der Waals surface area (Å²) in [6.45, 7) is 10.5.